The maximum absolute atomic E-state index is 12.3. The fourth-order valence-electron chi connectivity index (χ4n) is 2.21. The largest absolute Gasteiger partial charge is 0.460 e. The van der Waals surface area contributed by atoms with Gasteiger partial charge in [-0.05, 0) is 17.7 Å². The lowest BCUT2D eigenvalue weighted by Crippen LogP contribution is -2.16. The molecule has 0 aliphatic heterocycles. The van der Waals surface area contributed by atoms with E-state index in [4.69, 9.17) is 16.3 Å². The molecule has 1 heterocycles. The number of halogens is 1. The Labute approximate surface area is 143 Å². The summed E-state index contributed by atoms with van der Waals surface area (Å²) in [6, 6.07) is 18.2. The molecule has 0 unspecified atom stereocenters. The number of carbonyl (C=O) groups excluding carboxylic acids is 1. The van der Waals surface area contributed by atoms with Crippen LogP contribution in [0, 0.1) is 11.3 Å². The number of rotatable bonds is 4. The lowest BCUT2D eigenvalue weighted by atomic mass is 10.1. The molecule has 0 saturated carbocycles. The fourth-order valence-corrected chi connectivity index (χ4v) is 2.46. The number of ether oxygens (including phenoxy) is 1. The SMILES string of the molecule is N#C[C@H](C(=O)OCc1ccccc1)c1nc2ccccc2nc1Cl. The third-order valence-corrected chi connectivity index (χ3v) is 3.69. The number of fused-ring (bicyclic) bond motifs is 1. The van der Waals surface area contributed by atoms with Gasteiger partial charge >= 0.3 is 5.97 Å². The van der Waals surface area contributed by atoms with Crippen LogP contribution in [0.4, 0.5) is 0 Å². The average molecular weight is 338 g/mol. The van der Waals surface area contributed by atoms with Crippen LogP contribution in [0.2, 0.25) is 5.15 Å². The second kappa shape index (κ2) is 7.07. The average Bonchev–Trinajstić information content (AvgIpc) is 2.62. The van der Waals surface area contributed by atoms with E-state index in [-0.39, 0.29) is 17.5 Å². The predicted octanol–water partition coefficient (Wildman–Crippen LogP) is 3.63. The number of nitriles is 1. The van der Waals surface area contributed by atoms with Crippen molar-refractivity contribution in [3.63, 3.8) is 0 Å². The van der Waals surface area contributed by atoms with Gasteiger partial charge in [-0.1, -0.05) is 54.1 Å². The quantitative estimate of drug-likeness (QED) is 0.679. The Morgan fingerprint density at radius 1 is 1.08 bits per heavy atom. The molecule has 118 valence electrons. The second-order valence-corrected chi connectivity index (χ2v) is 5.40. The first kappa shape index (κ1) is 15.9. The van der Waals surface area contributed by atoms with Crippen LogP contribution in [0.5, 0.6) is 0 Å². The Balaban J connectivity index is 1.84. The Bertz CT molecular complexity index is 922. The molecule has 0 bridgehead atoms. The van der Waals surface area contributed by atoms with Crippen LogP contribution in [0.3, 0.4) is 0 Å². The van der Waals surface area contributed by atoms with Crippen LogP contribution in [0.1, 0.15) is 17.2 Å². The Hall–Kier alpha value is -2.97. The van der Waals surface area contributed by atoms with Crippen molar-refractivity contribution in [2.75, 3.05) is 0 Å². The summed E-state index contributed by atoms with van der Waals surface area (Å²) < 4.78 is 5.21. The van der Waals surface area contributed by atoms with Crippen LogP contribution < -0.4 is 0 Å². The van der Waals surface area contributed by atoms with E-state index in [1.807, 2.05) is 42.5 Å². The van der Waals surface area contributed by atoms with Gasteiger partial charge in [-0.2, -0.15) is 5.26 Å². The summed E-state index contributed by atoms with van der Waals surface area (Å²) in [4.78, 5) is 20.8. The molecule has 3 aromatic rings. The minimum absolute atomic E-state index is 0.0249. The van der Waals surface area contributed by atoms with E-state index in [0.717, 1.165) is 5.56 Å². The molecule has 0 amide bonds. The van der Waals surface area contributed by atoms with Gasteiger partial charge in [0.2, 0.25) is 0 Å². The summed E-state index contributed by atoms with van der Waals surface area (Å²) in [6.07, 6.45) is 0. The zero-order valence-electron chi connectivity index (χ0n) is 12.5. The van der Waals surface area contributed by atoms with E-state index in [1.54, 1.807) is 18.2 Å². The molecule has 0 saturated heterocycles. The Kier molecular flexibility index (Phi) is 4.69. The number of aromatic nitrogens is 2. The zero-order valence-corrected chi connectivity index (χ0v) is 13.3. The zero-order chi connectivity index (χ0) is 16.9. The van der Waals surface area contributed by atoms with E-state index in [0.29, 0.717) is 11.0 Å². The number of para-hydroxylation sites is 2. The minimum Gasteiger partial charge on any atom is -0.460 e. The molecule has 0 radical (unpaired) electrons. The van der Waals surface area contributed by atoms with Crippen molar-refractivity contribution in [3.05, 3.63) is 71.0 Å². The summed E-state index contributed by atoms with van der Waals surface area (Å²) in [5.41, 5.74) is 2.10. The number of nitrogens with zero attached hydrogens (tertiary/aromatic N) is 3. The van der Waals surface area contributed by atoms with Crippen LogP contribution in [0.25, 0.3) is 11.0 Å². The van der Waals surface area contributed by atoms with Crippen LogP contribution in [0.15, 0.2) is 54.6 Å². The molecule has 0 N–H and O–H groups in total. The van der Waals surface area contributed by atoms with E-state index in [1.165, 1.54) is 0 Å². The molecule has 0 fully saturated rings. The lowest BCUT2D eigenvalue weighted by molar-refractivity contribution is -0.145. The second-order valence-electron chi connectivity index (χ2n) is 5.04. The van der Waals surface area contributed by atoms with Crippen molar-refractivity contribution in [1.29, 1.82) is 5.26 Å². The minimum atomic E-state index is -1.22. The highest BCUT2D eigenvalue weighted by Gasteiger charge is 2.27. The third-order valence-electron chi connectivity index (χ3n) is 3.41. The van der Waals surface area contributed by atoms with Gasteiger partial charge in [0.1, 0.15) is 12.3 Å². The highest BCUT2D eigenvalue weighted by atomic mass is 35.5. The third kappa shape index (κ3) is 3.34. The summed E-state index contributed by atoms with van der Waals surface area (Å²) in [7, 11) is 0. The molecule has 0 spiro atoms. The van der Waals surface area contributed by atoms with Gasteiger partial charge in [0.05, 0.1) is 17.1 Å². The number of carbonyl (C=O) groups is 1. The molecule has 6 heteroatoms. The molecular formula is C18H12ClN3O2. The van der Waals surface area contributed by atoms with Crippen molar-refractivity contribution < 1.29 is 9.53 Å². The summed E-state index contributed by atoms with van der Waals surface area (Å²) >= 11 is 6.11. The highest BCUT2D eigenvalue weighted by Crippen LogP contribution is 2.25. The van der Waals surface area contributed by atoms with Crippen LogP contribution in [-0.2, 0) is 16.1 Å². The summed E-state index contributed by atoms with van der Waals surface area (Å²) in [6.45, 7) is 0.0798. The first-order chi connectivity index (χ1) is 11.7. The van der Waals surface area contributed by atoms with Crippen LogP contribution >= 0.6 is 11.6 Å². The van der Waals surface area contributed by atoms with E-state index < -0.39 is 11.9 Å². The van der Waals surface area contributed by atoms with Crippen molar-refractivity contribution in [3.8, 4) is 6.07 Å². The molecule has 2 aromatic carbocycles. The maximum atomic E-state index is 12.3. The molecular weight excluding hydrogens is 326 g/mol. The maximum Gasteiger partial charge on any atom is 0.330 e. The molecule has 1 atom stereocenters. The topological polar surface area (TPSA) is 75.9 Å². The van der Waals surface area contributed by atoms with Crippen molar-refractivity contribution in [1.82, 2.24) is 9.97 Å². The van der Waals surface area contributed by atoms with E-state index >= 15 is 0 Å². The van der Waals surface area contributed by atoms with E-state index in [9.17, 15) is 10.1 Å². The van der Waals surface area contributed by atoms with Gasteiger partial charge in [-0.25, -0.2) is 9.97 Å². The summed E-state index contributed by atoms with van der Waals surface area (Å²) in [5, 5.41) is 9.39. The number of esters is 1. The molecule has 0 aliphatic carbocycles. The van der Waals surface area contributed by atoms with Gasteiger partial charge in [0.15, 0.2) is 11.1 Å². The highest BCUT2D eigenvalue weighted by molar-refractivity contribution is 6.30. The molecule has 1 aromatic heterocycles. The standard InChI is InChI=1S/C18H12ClN3O2/c19-17-16(21-14-8-4-5-9-15(14)22-17)13(10-20)18(23)24-11-12-6-2-1-3-7-12/h1-9,13H,11H2/t13-/m0/s1. The first-order valence-electron chi connectivity index (χ1n) is 7.21. The van der Waals surface area contributed by atoms with Gasteiger partial charge in [-0.3, -0.25) is 4.79 Å². The van der Waals surface area contributed by atoms with Gasteiger partial charge in [-0.15, -0.1) is 0 Å². The van der Waals surface area contributed by atoms with Crippen molar-refractivity contribution in [2.45, 2.75) is 12.5 Å². The van der Waals surface area contributed by atoms with Crippen molar-refractivity contribution >= 4 is 28.6 Å². The van der Waals surface area contributed by atoms with Gasteiger partial charge in [0, 0.05) is 0 Å². The van der Waals surface area contributed by atoms with Gasteiger partial charge < -0.3 is 4.74 Å². The summed E-state index contributed by atoms with van der Waals surface area (Å²) in [5.74, 6) is -1.92. The van der Waals surface area contributed by atoms with E-state index in [2.05, 4.69) is 9.97 Å². The molecule has 0 aliphatic rings. The normalized spacial score (nSPS) is 11.7. The smallest absolute Gasteiger partial charge is 0.330 e. The van der Waals surface area contributed by atoms with Gasteiger partial charge in [0.25, 0.3) is 0 Å². The monoisotopic (exact) mass is 337 g/mol. The molecule has 5 nitrogen and oxygen atoms in total. The predicted molar refractivity (Wildman–Crippen MR) is 89.1 cm³/mol. The number of hydrogen-bond acceptors (Lipinski definition) is 5. The Morgan fingerprint density at radius 2 is 1.71 bits per heavy atom. The fraction of sp³-hybridized carbons (Fsp3) is 0.111. The van der Waals surface area contributed by atoms with Crippen molar-refractivity contribution in [2.24, 2.45) is 0 Å². The Morgan fingerprint density at radius 3 is 2.38 bits per heavy atom. The molecule has 3 rings (SSSR count). The first-order valence-corrected chi connectivity index (χ1v) is 7.59. The number of benzene rings is 2. The van der Waals surface area contributed by atoms with Crippen LogP contribution in [-0.4, -0.2) is 15.9 Å². The number of hydrogen-bond donors (Lipinski definition) is 0. The molecule has 24 heavy (non-hydrogen) atoms. The lowest BCUT2D eigenvalue weighted by Gasteiger charge is -2.11.